The normalized spacial score (nSPS) is 19.3. The molecule has 152 valence electrons. The standard InChI is InChI=1S/C19H23BrFN3O3S/c1-24(11-12-7-15(25)8-12)17-9-14(20)5-6-18(17)28(26,27)23-10-13-3-2-4-16(22)19(13)21/h2-6,9,12,15,23,25H,7-8,10-11,22H2,1H3. The number of nitrogens with two attached hydrogens (primary N) is 1. The van der Waals surface area contributed by atoms with E-state index < -0.39 is 15.8 Å². The van der Waals surface area contributed by atoms with E-state index in [-0.39, 0.29) is 28.8 Å². The first-order valence-corrected chi connectivity index (χ1v) is 11.2. The third-order valence-corrected chi connectivity index (χ3v) is 6.87. The fourth-order valence-electron chi connectivity index (χ4n) is 3.34. The van der Waals surface area contributed by atoms with Crippen LogP contribution in [0.1, 0.15) is 18.4 Å². The molecule has 0 saturated heterocycles. The number of benzene rings is 2. The Kier molecular flexibility index (Phi) is 6.28. The lowest BCUT2D eigenvalue weighted by atomic mass is 9.82. The van der Waals surface area contributed by atoms with Crippen molar-refractivity contribution in [2.75, 3.05) is 24.2 Å². The Bertz CT molecular complexity index is 965. The summed E-state index contributed by atoms with van der Waals surface area (Å²) in [5.74, 6) is -0.300. The molecule has 6 nitrogen and oxygen atoms in total. The number of sulfonamides is 1. The molecule has 9 heteroatoms. The molecule has 2 aromatic carbocycles. The third-order valence-electron chi connectivity index (χ3n) is 4.93. The Morgan fingerprint density at radius 2 is 2.04 bits per heavy atom. The number of aliphatic hydroxyl groups is 1. The number of halogens is 2. The molecule has 0 unspecified atom stereocenters. The third kappa shape index (κ3) is 4.65. The van der Waals surface area contributed by atoms with Gasteiger partial charge in [-0.05, 0) is 43.0 Å². The Labute approximate surface area is 172 Å². The lowest BCUT2D eigenvalue weighted by Gasteiger charge is -2.35. The highest BCUT2D eigenvalue weighted by molar-refractivity contribution is 9.10. The predicted octanol–water partition coefficient (Wildman–Crippen LogP) is 2.86. The van der Waals surface area contributed by atoms with Gasteiger partial charge in [0, 0.05) is 30.2 Å². The Morgan fingerprint density at radius 1 is 1.32 bits per heavy atom. The van der Waals surface area contributed by atoms with Crippen LogP contribution in [0.15, 0.2) is 45.8 Å². The van der Waals surface area contributed by atoms with Crippen LogP contribution in [-0.2, 0) is 16.6 Å². The van der Waals surface area contributed by atoms with Crippen LogP contribution >= 0.6 is 15.9 Å². The predicted molar refractivity (Wildman–Crippen MR) is 111 cm³/mol. The second-order valence-corrected chi connectivity index (χ2v) is 9.78. The minimum Gasteiger partial charge on any atom is -0.396 e. The molecule has 0 spiro atoms. The van der Waals surface area contributed by atoms with Gasteiger partial charge >= 0.3 is 0 Å². The number of nitrogens with zero attached hydrogens (tertiary/aromatic N) is 1. The zero-order valence-corrected chi connectivity index (χ0v) is 17.8. The van der Waals surface area contributed by atoms with Crippen LogP contribution in [-0.4, -0.2) is 33.2 Å². The van der Waals surface area contributed by atoms with Gasteiger partial charge in [0.25, 0.3) is 0 Å². The molecule has 0 bridgehead atoms. The monoisotopic (exact) mass is 471 g/mol. The second-order valence-electron chi connectivity index (χ2n) is 7.13. The average molecular weight is 472 g/mol. The van der Waals surface area contributed by atoms with Crippen LogP contribution < -0.4 is 15.4 Å². The summed E-state index contributed by atoms with van der Waals surface area (Å²) in [5, 5.41) is 9.48. The summed E-state index contributed by atoms with van der Waals surface area (Å²) in [6.45, 7) is 0.438. The molecule has 0 atom stereocenters. The van der Waals surface area contributed by atoms with Crippen LogP contribution in [0.2, 0.25) is 0 Å². The first kappa shape index (κ1) is 21.0. The lowest BCUT2D eigenvalue weighted by Crippen LogP contribution is -2.37. The number of nitrogens with one attached hydrogen (secondary N) is 1. The quantitative estimate of drug-likeness (QED) is 0.539. The van der Waals surface area contributed by atoms with Crippen LogP contribution in [0.5, 0.6) is 0 Å². The van der Waals surface area contributed by atoms with Gasteiger partial charge < -0.3 is 15.7 Å². The van der Waals surface area contributed by atoms with Gasteiger partial charge in [0.15, 0.2) is 5.82 Å². The maximum atomic E-state index is 14.1. The number of rotatable bonds is 7. The van der Waals surface area contributed by atoms with E-state index in [0.29, 0.717) is 31.0 Å². The molecule has 0 radical (unpaired) electrons. The molecular weight excluding hydrogens is 449 g/mol. The van der Waals surface area contributed by atoms with Crippen molar-refractivity contribution >= 4 is 37.3 Å². The van der Waals surface area contributed by atoms with Gasteiger partial charge in [-0.25, -0.2) is 17.5 Å². The smallest absolute Gasteiger partial charge is 0.242 e. The molecule has 0 heterocycles. The summed E-state index contributed by atoms with van der Waals surface area (Å²) in [7, 11) is -2.06. The maximum absolute atomic E-state index is 14.1. The Balaban J connectivity index is 1.81. The number of nitrogen functional groups attached to an aromatic ring is 1. The van der Waals surface area contributed by atoms with Crippen molar-refractivity contribution in [3.05, 3.63) is 52.3 Å². The molecule has 0 aliphatic heterocycles. The van der Waals surface area contributed by atoms with Crippen molar-refractivity contribution in [2.24, 2.45) is 5.92 Å². The van der Waals surface area contributed by atoms with Crippen molar-refractivity contribution in [2.45, 2.75) is 30.4 Å². The highest BCUT2D eigenvalue weighted by Crippen LogP contribution is 2.33. The molecule has 28 heavy (non-hydrogen) atoms. The largest absolute Gasteiger partial charge is 0.396 e. The van der Waals surface area contributed by atoms with E-state index in [1.807, 2.05) is 11.9 Å². The van der Waals surface area contributed by atoms with E-state index in [1.165, 1.54) is 18.2 Å². The molecule has 3 rings (SSSR count). The van der Waals surface area contributed by atoms with E-state index in [0.717, 1.165) is 4.47 Å². The van der Waals surface area contributed by atoms with Crippen molar-refractivity contribution in [3.63, 3.8) is 0 Å². The van der Waals surface area contributed by atoms with Gasteiger partial charge in [0.2, 0.25) is 10.0 Å². The van der Waals surface area contributed by atoms with E-state index in [1.54, 1.807) is 18.2 Å². The summed E-state index contributed by atoms with van der Waals surface area (Å²) in [6, 6.07) is 9.40. The van der Waals surface area contributed by atoms with E-state index in [2.05, 4.69) is 20.7 Å². The summed E-state index contributed by atoms with van der Waals surface area (Å²) < 4.78 is 43.1. The van der Waals surface area contributed by atoms with Gasteiger partial charge in [-0.3, -0.25) is 0 Å². The molecule has 2 aromatic rings. The van der Waals surface area contributed by atoms with E-state index in [4.69, 9.17) is 5.73 Å². The Hall–Kier alpha value is -1.68. The first-order chi connectivity index (χ1) is 13.2. The first-order valence-electron chi connectivity index (χ1n) is 8.88. The zero-order valence-electron chi connectivity index (χ0n) is 15.4. The van der Waals surface area contributed by atoms with Gasteiger partial charge in [0.05, 0.1) is 17.5 Å². The van der Waals surface area contributed by atoms with Crippen molar-refractivity contribution in [1.82, 2.24) is 4.72 Å². The molecule has 4 N–H and O–H groups in total. The summed E-state index contributed by atoms with van der Waals surface area (Å²) >= 11 is 3.39. The van der Waals surface area contributed by atoms with Crippen LogP contribution in [0.3, 0.4) is 0 Å². The van der Waals surface area contributed by atoms with Gasteiger partial charge in [-0.15, -0.1) is 0 Å². The van der Waals surface area contributed by atoms with Crippen LogP contribution in [0.4, 0.5) is 15.8 Å². The molecule has 0 amide bonds. The highest BCUT2D eigenvalue weighted by Gasteiger charge is 2.29. The molecular formula is C19H23BrFN3O3S. The Morgan fingerprint density at radius 3 is 2.71 bits per heavy atom. The molecule has 1 aliphatic carbocycles. The van der Waals surface area contributed by atoms with Gasteiger partial charge in [-0.1, -0.05) is 28.1 Å². The minimum atomic E-state index is -3.89. The summed E-state index contributed by atoms with van der Waals surface area (Å²) in [4.78, 5) is 1.99. The lowest BCUT2D eigenvalue weighted by molar-refractivity contribution is 0.0464. The molecule has 1 saturated carbocycles. The van der Waals surface area contributed by atoms with E-state index >= 15 is 0 Å². The molecule has 0 aromatic heterocycles. The SMILES string of the molecule is CN(CC1CC(O)C1)c1cc(Br)ccc1S(=O)(=O)NCc1cccc(N)c1F. The minimum absolute atomic E-state index is 0.0246. The van der Waals surface area contributed by atoms with E-state index in [9.17, 15) is 17.9 Å². The average Bonchev–Trinajstić information content (AvgIpc) is 2.61. The molecule has 1 aliphatic rings. The molecule has 1 fully saturated rings. The number of hydrogen-bond acceptors (Lipinski definition) is 5. The summed E-state index contributed by atoms with van der Waals surface area (Å²) in [5.41, 5.74) is 6.24. The highest BCUT2D eigenvalue weighted by atomic mass is 79.9. The summed E-state index contributed by atoms with van der Waals surface area (Å²) in [6.07, 6.45) is 1.17. The number of anilines is 2. The van der Waals surface area contributed by atoms with Crippen LogP contribution in [0, 0.1) is 11.7 Å². The van der Waals surface area contributed by atoms with Crippen LogP contribution in [0.25, 0.3) is 0 Å². The second kappa shape index (κ2) is 8.36. The van der Waals surface area contributed by atoms with Crippen molar-refractivity contribution in [3.8, 4) is 0 Å². The topological polar surface area (TPSA) is 95.7 Å². The fraction of sp³-hybridized carbons (Fsp3) is 0.368. The van der Waals surface area contributed by atoms with Crippen molar-refractivity contribution in [1.29, 1.82) is 0 Å². The zero-order chi connectivity index (χ0) is 20.5. The van der Waals surface area contributed by atoms with Gasteiger partial charge in [-0.2, -0.15) is 0 Å². The fourth-order valence-corrected chi connectivity index (χ4v) is 4.93. The van der Waals surface area contributed by atoms with Crippen molar-refractivity contribution < 1.29 is 17.9 Å². The number of hydrogen-bond donors (Lipinski definition) is 3. The van der Waals surface area contributed by atoms with Gasteiger partial charge in [0.1, 0.15) is 4.90 Å². The number of aliphatic hydroxyl groups excluding tert-OH is 1. The maximum Gasteiger partial charge on any atom is 0.242 e.